The van der Waals surface area contributed by atoms with Gasteiger partial charge in [-0.25, -0.2) is 4.79 Å². The van der Waals surface area contributed by atoms with Gasteiger partial charge in [-0.15, -0.1) is 17.2 Å². The zero-order valence-electron chi connectivity index (χ0n) is 10.5. The third-order valence-electron chi connectivity index (χ3n) is 2.67. The highest BCUT2D eigenvalue weighted by molar-refractivity contribution is 8.04. The summed E-state index contributed by atoms with van der Waals surface area (Å²) in [5, 5.41) is 0. The number of hydroxylamine groups is 1. The largest absolute Gasteiger partial charge is 0.467 e. The van der Waals surface area contributed by atoms with Crippen LogP contribution in [-0.4, -0.2) is 36.4 Å². The van der Waals surface area contributed by atoms with E-state index in [2.05, 4.69) is 10.2 Å². The van der Waals surface area contributed by atoms with Gasteiger partial charge in [0.05, 0.1) is 17.6 Å². The smallest absolute Gasteiger partial charge is 0.331 e. The average molecular weight is 283 g/mol. The van der Waals surface area contributed by atoms with Gasteiger partial charge in [-0.1, -0.05) is 6.92 Å². The van der Waals surface area contributed by atoms with Crippen LogP contribution in [0.5, 0.6) is 0 Å². The van der Waals surface area contributed by atoms with Gasteiger partial charge in [0.15, 0.2) is 6.04 Å². The van der Waals surface area contributed by atoms with Gasteiger partial charge in [0.25, 0.3) is 0 Å². The first-order valence-electron chi connectivity index (χ1n) is 5.78. The zero-order chi connectivity index (χ0) is 14.0. The molecule has 2 aliphatic rings. The molecule has 0 radical (unpaired) electrons. The molecule has 0 saturated heterocycles. The molecule has 0 saturated carbocycles. The molecule has 1 aliphatic heterocycles. The van der Waals surface area contributed by atoms with Gasteiger partial charge in [-0.05, 0) is 12.2 Å². The van der Waals surface area contributed by atoms with E-state index in [1.807, 2.05) is 6.92 Å². The summed E-state index contributed by atoms with van der Waals surface area (Å²) in [6.07, 6.45) is 2.13. The van der Waals surface area contributed by atoms with Crippen LogP contribution < -0.4 is 5.48 Å². The first-order valence-corrected chi connectivity index (χ1v) is 6.76. The number of ether oxygens (including phenoxy) is 1. The van der Waals surface area contributed by atoms with E-state index in [1.54, 1.807) is 0 Å². The number of hydrogen-bond donors (Lipinski definition) is 1. The van der Waals surface area contributed by atoms with Crippen molar-refractivity contribution >= 4 is 29.3 Å². The number of rotatable bonds is 4. The molecule has 0 aromatic heterocycles. The minimum Gasteiger partial charge on any atom is -0.467 e. The van der Waals surface area contributed by atoms with Crippen molar-refractivity contribution in [1.82, 2.24) is 5.48 Å². The summed E-state index contributed by atoms with van der Waals surface area (Å²) in [4.78, 5) is 40.9. The van der Waals surface area contributed by atoms with E-state index in [0.717, 1.165) is 12.2 Å². The molecule has 0 aromatic rings. The number of hydrogen-bond acceptors (Lipinski definition) is 7. The Hall–Kier alpha value is -1.60. The predicted octanol–water partition coefficient (Wildman–Crippen LogP) is 0.496. The Bertz CT molecular complexity index is 508. The molecule has 7 heteroatoms. The van der Waals surface area contributed by atoms with Gasteiger partial charge < -0.3 is 9.57 Å². The van der Waals surface area contributed by atoms with Crippen molar-refractivity contribution in [3.05, 3.63) is 22.3 Å². The molecule has 0 spiro atoms. The van der Waals surface area contributed by atoms with Crippen LogP contribution in [-0.2, 0) is 24.0 Å². The predicted molar refractivity (Wildman–Crippen MR) is 67.9 cm³/mol. The first kappa shape index (κ1) is 13.8. The fourth-order valence-electron chi connectivity index (χ4n) is 1.77. The highest BCUT2D eigenvalue weighted by atomic mass is 32.2. The van der Waals surface area contributed by atoms with Gasteiger partial charge in [0, 0.05) is 6.08 Å². The summed E-state index contributed by atoms with van der Waals surface area (Å²) in [7, 11) is 1.21. The Balaban J connectivity index is 2.29. The molecule has 0 amide bonds. The number of esters is 1. The lowest BCUT2D eigenvalue weighted by Crippen LogP contribution is -2.36. The molecular formula is C12H13NO5S. The third-order valence-corrected chi connectivity index (χ3v) is 3.89. The van der Waals surface area contributed by atoms with E-state index in [4.69, 9.17) is 4.84 Å². The van der Waals surface area contributed by atoms with Gasteiger partial charge in [-0.3, -0.25) is 9.59 Å². The van der Waals surface area contributed by atoms with Crippen molar-refractivity contribution in [1.29, 1.82) is 0 Å². The maximum atomic E-state index is 12.3. The summed E-state index contributed by atoms with van der Waals surface area (Å²) < 4.78 is 4.58. The lowest BCUT2D eigenvalue weighted by atomic mass is 9.96. The number of allylic oxidation sites excluding steroid dienone is 2. The standard InChI is InChI=1S/C12H13NO5S/c1-3-4-19-7-5-6(14)11-8(10(7)15)9(13-18-11)12(16)17-2/h5,9,13H,3-4H2,1-2H3. The second kappa shape index (κ2) is 5.58. The highest BCUT2D eigenvalue weighted by Gasteiger charge is 2.43. The quantitative estimate of drug-likeness (QED) is 0.594. The minimum atomic E-state index is -1.04. The Morgan fingerprint density at radius 2 is 2.26 bits per heavy atom. The van der Waals surface area contributed by atoms with Crippen LogP contribution in [0, 0.1) is 0 Å². The Morgan fingerprint density at radius 3 is 2.89 bits per heavy atom. The van der Waals surface area contributed by atoms with Crippen LogP contribution in [0.4, 0.5) is 0 Å². The molecule has 2 rings (SSSR count). The van der Waals surface area contributed by atoms with Crippen molar-refractivity contribution in [2.45, 2.75) is 19.4 Å². The molecule has 1 atom stereocenters. The van der Waals surface area contributed by atoms with Gasteiger partial charge in [-0.2, -0.15) is 0 Å². The maximum absolute atomic E-state index is 12.3. The van der Waals surface area contributed by atoms with E-state index in [0.29, 0.717) is 4.91 Å². The molecule has 0 bridgehead atoms. The number of carbonyl (C=O) groups is 3. The molecular weight excluding hydrogens is 270 g/mol. The van der Waals surface area contributed by atoms with Crippen molar-refractivity contribution < 1.29 is 24.0 Å². The van der Waals surface area contributed by atoms with Crippen molar-refractivity contribution in [3.63, 3.8) is 0 Å². The molecule has 0 fully saturated rings. The lowest BCUT2D eigenvalue weighted by molar-refractivity contribution is -0.144. The number of Topliss-reactive ketones (excluding diaryl/α,β-unsaturated/α-hetero) is 1. The molecule has 102 valence electrons. The molecule has 1 aliphatic carbocycles. The zero-order valence-corrected chi connectivity index (χ0v) is 11.3. The molecule has 1 unspecified atom stereocenters. The van der Waals surface area contributed by atoms with E-state index in [9.17, 15) is 14.4 Å². The van der Waals surface area contributed by atoms with Crippen LogP contribution in [0.25, 0.3) is 0 Å². The Labute approximate surface area is 114 Å². The van der Waals surface area contributed by atoms with Gasteiger partial charge in [0.2, 0.25) is 17.3 Å². The van der Waals surface area contributed by atoms with Crippen LogP contribution in [0.15, 0.2) is 22.3 Å². The van der Waals surface area contributed by atoms with Crippen molar-refractivity contribution in [2.24, 2.45) is 0 Å². The maximum Gasteiger partial charge on any atom is 0.331 e. The van der Waals surface area contributed by atoms with Gasteiger partial charge >= 0.3 is 5.97 Å². The fourth-order valence-corrected chi connectivity index (χ4v) is 2.62. The highest BCUT2D eigenvalue weighted by Crippen LogP contribution is 2.32. The lowest BCUT2D eigenvalue weighted by Gasteiger charge is -2.13. The summed E-state index contributed by atoms with van der Waals surface area (Å²) in [6.45, 7) is 1.98. The second-order valence-electron chi connectivity index (χ2n) is 3.97. The summed E-state index contributed by atoms with van der Waals surface area (Å²) >= 11 is 1.30. The minimum absolute atomic E-state index is 0.0398. The van der Waals surface area contributed by atoms with Crippen LogP contribution in [0.1, 0.15) is 13.3 Å². The van der Waals surface area contributed by atoms with Crippen LogP contribution >= 0.6 is 11.8 Å². The van der Waals surface area contributed by atoms with E-state index >= 15 is 0 Å². The molecule has 1 N–H and O–H groups in total. The molecule has 0 aromatic carbocycles. The topological polar surface area (TPSA) is 81.7 Å². The Kier molecular flexibility index (Phi) is 4.06. The van der Waals surface area contributed by atoms with Crippen molar-refractivity contribution in [2.75, 3.05) is 12.9 Å². The third kappa shape index (κ3) is 2.43. The van der Waals surface area contributed by atoms with E-state index in [-0.39, 0.29) is 17.1 Å². The van der Waals surface area contributed by atoms with E-state index < -0.39 is 17.8 Å². The number of thioether (sulfide) groups is 1. The van der Waals surface area contributed by atoms with Crippen LogP contribution in [0.3, 0.4) is 0 Å². The number of methoxy groups -OCH3 is 1. The summed E-state index contributed by atoms with van der Waals surface area (Å²) in [6, 6.07) is -1.04. The number of carbonyl (C=O) groups excluding carboxylic acids is 3. The molecule has 6 nitrogen and oxygen atoms in total. The fraction of sp³-hybridized carbons (Fsp3) is 0.417. The average Bonchev–Trinajstić information content (AvgIpc) is 2.85. The molecule has 1 heterocycles. The van der Waals surface area contributed by atoms with Crippen LogP contribution in [0.2, 0.25) is 0 Å². The monoisotopic (exact) mass is 283 g/mol. The summed E-state index contributed by atoms with van der Waals surface area (Å²) in [5.74, 6) is -0.806. The first-order chi connectivity index (χ1) is 9.10. The summed E-state index contributed by atoms with van der Waals surface area (Å²) in [5.41, 5.74) is 2.39. The number of ketones is 2. The molecule has 19 heavy (non-hydrogen) atoms. The SMILES string of the molecule is CCCSC1=CC(=O)C2=C(C1=O)C(C(=O)OC)NO2. The van der Waals surface area contributed by atoms with Gasteiger partial charge in [0.1, 0.15) is 0 Å². The normalized spacial score (nSPS) is 22.0. The van der Waals surface area contributed by atoms with E-state index in [1.165, 1.54) is 24.9 Å². The number of nitrogens with one attached hydrogen (secondary N) is 1. The Morgan fingerprint density at radius 1 is 1.53 bits per heavy atom. The second-order valence-corrected chi connectivity index (χ2v) is 5.11. The van der Waals surface area contributed by atoms with Crippen molar-refractivity contribution in [3.8, 4) is 0 Å².